The lowest BCUT2D eigenvalue weighted by atomic mass is 9.95. The average molecular weight is 246 g/mol. The summed E-state index contributed by atoms with van der Waals surface area (Å²) in [6, 6.07) is 4.98. The van der Waals surface area contributed by atoms with Gasteiger partial charge in [0.15, 0.2) is 0 Å². The number of hydroxylamine groups is 1. The van der Waals surface area contributed by atoms with Crippen LogP contribution in [-0.2, 0) is 4.79 Å². The van der Waals surface area contributed by atoms with E-state index in [0.29, 0.717) is 30.6 Å². The van der Waals surface area contributed by atoms with Crippen LogP contribution in [0.5, 0.6) is 0 Å². The number of ketones is 1. The zero-order valence-electron chi connectivity index (χ0n) is 10.1. The van der Waals surface area contributed by atoms with Crippen molar-refractivity contribution in [2.45, 2.75) is 18.9 Å². The Labute approximate surface area is 105 Å². The van der Waals surface area contributed by atoms with Gasteiger partial charge in [0.2, 0.25) is 0 Å². The summed E-state index contributed by atoms with van der Waals surface area (Å²) in [6.07, 6.45) is 0.759. The van der Waals surface area contributed by atoms with Gasteiger partial charge < -0.3 is 15.2 Å². The van der Waals surface area contributed by atoms with Crippen LogP contribution in [0.3, 0.4) is 0 Å². The van der Waals surface area contributed by atoms with Crippen molar-refractivity contribution >= 4 is 17.4 Å². The molecule has 2 aliphatic rings. The molecule has 2 heterocycles. The minimum Gasteiger partial charge on any atom is -0.629 e. The molecule has 1 fully saturated rings. The fourth-order valence-electron chi connectivity index (χ4n) is 2.90. The van der Waals surface area contributed by atoms with Gasteiger partial charge in [-0.15, -0.1) is 0 Å². The van der Waals surface area contributed by atoms with E-state index in [2.05, 4.69) is 0 Å². The Bertz CT molecular complexity index is 539. The molecule has 3 rings (SSSR count). The molecule has 5 nitrogen and oxygen atoms in total. The molecule has 1 aromatic rings. The third-order valence-electron chi connectivity index (χ3n) is 3.74. The van der Waals surface area contributed by atoms with Crippen LogP contribution < -0.4 is 5.06 Å². The number of piperidine rings is 1. The summed E-state index contributed by atoms with van der Waals surface area (Å²) in [5.74, 6) is 0.112. The number of carbonyl (C=O) groups excluding carboxylic acids is 2. The number of nitrogens with zero attached hydrogens (tertiary/aromatic N) is 1. The molecule has 2 atom stereocenters. The fraction of sp³-hybridized carbons (Fsp3) is 0.385. The van der Waals surface area contributed by atoms with Gasteiger partial charge in [0.25, 0.3) is 5.91 Å². The minimum absolute atomic E-state index is 0.0504. The van der Waals surface area contributed by atoms with Crippen molar-refractivity contribution in [1.82, 2.24) is 4.90 Å². The lowest BCUT2D eigenvalue weighted by molar-refractivity contribution is -0.751. The Morgan fingerprint density at radius 3 is 2.89 bits per heavy atom. The number of quaternary nitrogens is 1. The maximum absolute atomic E-state index is 12.2. The number of benzene rings is 1. The largest absolute Gasteiger partial charge is 0.629 e. The molecule has 18 heavy (non-hydrogen) atoms. The number of carbonyl (C=O) groups is 2. The second kappa shape index (κ2) is 3.90. The summed E-state index contributed by atoms with van der Waals surface area (Å²) >= 11 is 0. The van der Waals surface area contributed by atoms with Crippen molar-refractivity contribution in [3.8, 4) is 0 Å². The van der Waals surface area contributed by atoms with E-state index in [0.717, 1.165) is 5.56 Å². The normalized spacial score (nSPS) is 23.9. The lowest BCUT2D eigenvalue weighted by Gasteiger charge is -2.30. The molecule has 94 valence electrons. The van der Waals surface area contributed by atoms with E-state index in [-0.39, 0.29) is 22.8 Å². The standard InChI is InChI=1S/C13H14N2O3/c1-14(18)10-4-2-3-9-12(10)11-7-8(16)5-6-15(11)13(9)17/h2-4,11,14H,5-7H2,1H3. The predicted octanol–water partition coefficient (Wildman–Crippen LogP) is 0.190. The summed E-state index contributed by atoms with van der Waals surface area (Å²) in [5, 5.41) is 11.6. The Morgan fingerprint density at radius 1 is 1.39 bits per heavy atom. The molecule has 0 spiro atoms. The molecule has 0 aromatic heterocycles. The first-order valence-electron chi connectivity index (χ1n) is 6.06. The van der Waals surface area contributed by atoms with Crippen molar-refractivity contribution in [3.05, 3.63) is 34.5 Å². The molecule has 2 unspecified atom stereocenters. The Morgan fingerprint density at radius 2 is 2.17 bits per heavy atom. The van der Waals surface area contributed by atoms with Crippen LogP contribution in [0.4, 0.5) is 5.69 Å². The van der Waals surface area contributed by atoms with Gasteiger partial charge in [-0.2, -0.15) is 0 Å². The SMILES string of the molecule is C[NH+]([O-])c1cccc2c1C1CC(=O)CCN1C2=O. The number of hydrogen-bond acceptors (Lipinski definition) is 3. The van der Waals surface area contributed by atoms with Crippen LogP contribution >= 0.6 is 0 Å². The molecule has 1 saturated heterocycles. The van der Waals surface area contributed by atoms with E-state index in [1.807, 2.05) is 0 Å². The molecule has 0 saturated carbocycles. The Hall–Kier alpha value is -1.72. The van der Waals surface area contributed by atoms with Gasteiger partial charge in [-0.25, -0.2) is 0 Å². The zero-order chi connectivity index (χ0) is 12.9. The van der Waals surface area contributed by atoms with E-state index in [9.17, 15) is 14.8 Å². The summed E-state index contributed by atoms with van der Waals surface area (Å²) in [6.45, 7) is 0.467. The van der Waals surface area contributed by atoms with Gasteiger partial charge in [0, 0.05) is 24.9 Å². The molecule has 0 aliphatic carbocycles. The number of Topliss-reactive ketones (excluding diaryl/α,β-unsaturated/α-hetero) is 1. The van der Waals surface area contributed by atoms with Crippen molar-refractivity contribution in [1.29, 1.82) is 0 Å². The molecular weight excluding hydrogens is 232 g/mol. The maximum Gasteiger partial charge on any atom is 0.254 e. The molecular formula is C13H14N2O3. The maximum atomic E-state index is 12.2. The molecule has 0 radical (unpaired) electrons. The Kier molecular flexibility index (Phi) is 2.46. The highest BCUT2D eigenvalue weighted by Crippen LogP contribution is 2.41. The number of amides is 1. The highest BCUT2D eigenvalue weighted by atomic mass is 16.5. The van der Waals surface area contributed by atoms with Gasteiger partial charge in [0.1, 0.15) is 11.5 Å². The minimum atomic E-state index is -0.228. The number of rotatable bonds is 1. The number of fused-ring (bicyclic) bond motifs is 3. The molecule has 1 N–H and O–H groups in total. The number of nitrogens with one attached hydrogen (secondary N) is 1. The van der Waals surface area contributed by atoms with Crippen LogP contribution in [0.2, 0.25) is 0 Å². The van der Waals surface area contributed by atoms with E-state index >= 15 is 0 Å². The fourth-order valence-corrected chi connectivity index (χ4v) is 2.90. The number of hydrogen-bond donors (Lipinski definition) is 1. The van der Waals surface area contributed by atoms with Gasteiger partial charge in [-0.3, -0.25) is 9.59 Å². The van der Waals surface area contributed by atoms with Crippen molar-refractivity contribution < 1.29 is 14.7 Å². The average Bonchev–Trinajstić information content (AvgIpc) is 2.63. The van der Waals surface area contributed by atoms with Crippen LogP contribution in [0.1, 0.15) is 34.8 Å². The summed E-state index contributed by atoms with van der Waals surface area (Å²) < 4.78 is 0. The first-order valence-corrected chi connectivity index (χ1v) is 6.06. The molecule has 1 amide bonds. The van der Waals surface area contributed by atoms with E-state index in [1.54, 1.807) is 23.1 Å². The van der Waals surface area contributed by atoms with E-state index in [1.165, 1.54) is 7.05 Å². The summed E-state index contributed by atoms with van der Waals surface area (Å²) in [5.41, 5.74) is 1.91. The Balaban J connectivity index is 2.15. The van der Waals surface area contributed by atoms with Crippen LogP contribution in [0, 0.1) is 5.21 Å². The van der Waals surface area contributed by atoms with Crippen LogP contribution in [-0.4, -0.2) is 30.2 Å². The lowest BCUT2D eigenvalue weighted by Crippen LogP contribution is -2.98. The first kappa shape index (κ1) is 11.4. The van der Waals surface area contributed by atoms with Crippen molar-refractivity contribution in [2.75, 3.05) is 13.6 Å². The van der Waals surface area contributed by atoms with Gasteiger partial charge in [-0.05, 0) is 12.1 Å². The summed E-state index contributed by atoms with van der Waals surface area (Å²) in [4.78, 5) is 25.5. The van der Waals surface area contributed by atoms with Gasteiger partial charge in [0.05, 0.1) is 18.7 Å². The highest BCUT2D eigenvalue weighted by Gasteiger charge is 2.42. The predicted molar refractivity (Wildman–Crippen MR) is 64.4 cm³/mol. The highest BCUT2D eigenvalue weighted by molar-refractivity contribution is 6.02. The van der Waals surface area contributed by atoms with Crippen molar-refractivity contribution in [3.63, 3.8) is 0 Å². The van der Waals surface area contributed by atoms with Gasteiger partial charge >= 0.3 is 0 Å². The third-order valence-corrected chi connectivity index (χ3v) is 3.74. The van der Waals surface area contributed by atoms with Crippen LogP contribution in [0.25, 0.3) is 0 Å². The molecule has 0 bridgehead atoms. The second-order valence-electron chi connectivity index (χ2n) is 4.83. The van der Waals surface area contributed by atoms with Crippen molar-refractivity contribution in [2.24, 2.45) is 0 Å². The molecule has 5 heteroatoms. The second-order valence-corrected chi connectivity index (χ2v) is 4.83. The first-order chi connectivity index (χ1) is 8.59. The van der Waals surface area contributed by atoms with E-state index in [4.69, 9.17) is 0 Å². The topological polar surface area (TPSA) is 64.9 Å². The zero-order valence-corrected chi connectivity index (χ0v) is 10.1. The third kappa shape index (κ3) is 1.48. The van der Waals surface area contributed by atoms with E-state index < -0.39 is 0 Å². The smallest absolute Gasteiger partial charge is 0.254 e. The quantitative estimate of drug-likeness (QED) is 0.719. The molecule has 2 aliphatic heterocycles. The molecule has 1 aromatic carbocycles. The van der Waals surface area contributed by atoms with Gasteiger partial charge in [-0.1, -0.05) is 6.07 Å². The summed E-state index contributed by atoms with van der Waals surface area (Å²) in [7, 11) is 1.49. The monoisotopic (exact) mass is 246 g/mol. The van der Waals surface area contributed by atoms with Crippen LogP contribution in [0.15, 0.2) is 18.2 Å².